The first kappa shape index (κ1) is 11.9. The first-order valence-corrected chi connectivity index (χ1v) is 6.03. The second-order valence-corrected chi connectivity index (χ2v) is 4.44. The van der Waals surface area contributed by atoms with E-state index in [4.69, 9.17) is 4.42 Å². The highest BCUT2D eigenvalue weighted by Gasteiger charge is 2.30. The Morgan fingerprint density at radius 3 is 2.59 bits per heavy atom. The third-order valence-electron chi connectivity index (χ3n) is 3.43. The monoisotopic (exact) mass is 236 g/mol. The number of carboxylic acid groups (broad SMARTS) is 1. The number of aromatic carboxylic acids is 1. The van der Waals surface area contributed by atoms with Crippen LogP contribution in [0.25, 0.3) is 0 Å². The zero-order valence-corrected chi connectivity index (χ0v) is 9.86. The standard InChI is InChI=1S/C13H16O4/c1-2-10-9(7-14)11(13(15)16)12(17-10)8-5-3-4-6-8/h7-8H,2-6H2,1H3,(H,15,16). The van der Waals surface area contributed by atoms with Gasteiger partial charge in [-0.25, -0.2) is 4.79 Å². The van der Waals surface area contributed by atoms with Crippen molar-refractivity contribution in [2.75, 3.05) is 0 Å². The molecule has 0 aromatic carbocycles. The number of furan rings is 1. The summed E-state index contributed by atoms with van der Waals surface area (Å²) in [6.45, 7) is 1.86. The van der Waals surface area contributed by atoms with Crippen molar-refractivity contribution in [3.63, 3.8) is 0 Å². The highest BCUT2D eigenvalue weighted by atomic mass is 16.4. The molecule has 1 aliphatic rings. The summed E-state index contributed by atoms with van der Waals surface area (Å²) in [5.41, 5.74) is 0.311. The van der Waals surface area contributed by atoms with Crippen LogP contribution in [0, 0.1) is 0 Å². The van der Waals surface area contributed by atoms with Crippen molar-refractivity contribution >= 4 is 12.3 Å². The summed E-state index contributed by atoms with van der Waals surface area (Å²) in [5, 5.41) is 9.23. The summed E-state index contributed by atoms with van der Waals surface area (Å²) in [5.74, 6) is 0.116. The molecule has 0 unspecified atom stereocenters. The predicted octanol–water partition coefficient (Wildman–Crippen LogP) is 3.01. The summed E-state index contributed by atoms with van der Waals surface area (Å²) < 4.78 is 5.62. The third-order valence-corrected chi connectivity index (χ3v) is 3.43. The molecule has 0 amide bonds. The molecule has 1 N–H and O–H groups in total. The molecule has 1 aromatic rings. The molecule has 4 nitrogen and oxygen atoms in total. The summed E-state index contributed by atoms with van der Waals surface area (Å²) >= 11 is 0. The number of rotatable bonds is 4. The van der Waals surface area contributed by atoms with Crippen LogP contribution < -0.4 is 0 Å². The number of hydrogen-bond acceptors (Lipinski definition) is 3. The molecule has 17 heavy (non-hydrogen) atoms. The van der Waals surface area contributed by atoms with Crippen molar-refractivity contribution < 1.29 is 19.1 Å². The van der Waals surface area contributed by atoms with Crippen LogP contribution in [0.1, 0.15) is 70.8 Å². The molecule has 1 fully saturated rings. The average Bonchev–Trinajstić information content (AvgIpc) is 2.94. The number of aldehydes is 1. The van der Waals surface area contributed by atoms with Crippen LogP contribution >= 0.6 is 0 Å². The van der Waals surface area contributed by atoms with Crippen molar-refractivity contribution in [1.29, 1.82) is 0 Å². The van der Waals surface area contributed by atoms with Crippen LogP contribution in [-0.2, 0) is 6.42 Å². The minimum Gasteiger partial charge on any atom is -0.478 e. The van der Waals surface area contributed by atoms with Gasteiger partial charge in [0.1, 0.15) is 17.1 Å². The van der Waals surface area contributed by atoms with Crippen LogP contribution in [-0.4, -0.2) is 17.4 Å². The first-order valence-electron chi connectivity index (χ1n) is 6.03. The first-order chi connectivity index (χ1) is 8.19. The lowest BCUT2D eigenvalue weighted by atomic mass is 9.98. The fraction of sp³-hybridized carbons (Fsp3) is 0.538. The van der Waals surface area contributed by atoms with Crippen molar-refractivity contribution in [2.24, 2.45) is 0 Å². The number of aryl methyl sites for hydroxylation is 1. The van der Waals surface area contributed by atoms with E-state index in [1.54, 1.807) is 0 Å². The number of carbonyl (C=O) groups excluding carboxylic acids is 1. The summed E-state index contributed by atoms with van der Waals surface area (Å²) in [4.78, 5) is 22.3. The second-order valence-electron chi connectivity index (χ2n) is 4.44. The van der Waals surface area contributed by atoms with E-state index < -0.39 is 5.97 Å². The molecule has 1 saturated carbocycles. The zero-order chi connectivity index (χ0) is 12.4. The lowest BCUT2D eigenvalue weighted by Crippen LogP contribution is -2.05. The van der Waals surface area contributed by atoms with Gasteiger partial charge in [0.15, 0.2) is 6.29 Å². The smallest absolute Gasteiger partial charge is 0.340 e. The SMILES string of the molecule is CCc1oc(C2CCCC2)c(C(=O)O)c1C=O. The van der Waals surface area contributed by atoms with E-state index in [0.717, 1.165) is 25.7 Å². The molecule has 1 heterocycles. The van der Waals surface area contributed by atoms with Gasteiger partial charge >= 0.3 is 5.97 Å². The van der Waals surface area contributed by atoms with Crippen LogP contribution in [0.3, 0.4) is 0 Å². The Morgan fingerprint density at radius 2 is 2.12 bits per heavy atom. The van der Waals surface area contributed by atoms with E-state index in [0.29, 0.717) is 24.2 Å². The van der Waals surface area contributed by atoms with Crippen molar-refractivity contribution in [3.8, 4) is 0 Å². The quantitative estimate of drug-likeness (QED) is 0.816. The molecule has 92 valence electrons. The van der Waals surface area contributed by atoms with E-state index in [-0.39, 0.29) is 17.0 Å². The molecular formula is C13H16O4. The summed E-state index contributed by atoms with van der Waals surface area (Å²) in [6.07, 6.45) is 5.25. The van der Waals surface area contributed by atoms with Gasteiger partial charge in [0.2, 0.25) is 0 Å². The van der Waals surface area contributed by atoms with Crippen molar-refractivity contribution in [1.82, 2.24) is 0 Å². The largest absolute Gasteiger partial charge is 0.478 e. The maximum Gasteiger partial charge on any atom is 0.340 e. The van der Waals surface area contributed by atoms with Gasteiger partial charge in [-0.3, -0.25) is 4.79 Å². The Hall–Kier alpha value is -1.58. The van der Waals surface area contributed by atoms with Crippen LogP contribution in [0.15, 0.2) is 4.42 Å². The van der Waals surface area contributed by atoms with E-state index in [1.165, 1.54) is 0 Å². The molecule has 2 rings (SSSR count). The lowest BCUT2D eigenvalue weighted by molar-refractivity contribution is 0.0691. The minimum absolute atomic E-state index is 0.0868. The van der Waals surface area contributed by atoms with E-state index in [2.05, 4.69) is 0 Å². The van der Waals surface area contributed by atoms with Gasteiger partial charge in [0.05, 0.1) is 5.56 Å². The highest BCUT2D eigenvalue weighted by Crippen LogP contribution is 2.38. The Kier molecular flexibility index (Phi) is 3.31. The number of hydrogen-bond donors (Lipinski definition) is 1. The Bertz CT molecular complexity index is 439. The van der Waals surface area contributed by atoms with Crippen LogP contribution in [0.2, 0.25) is 0 Å². The van der Waals surface area contributed by atoms with Crippen molar-refractivity contribution in [2.45, 2.75) is 44.9 Å². The highest BCUT2D eigenvalue weighted by molar-refractivity contribution is 5.99. The van der Waals surface area contributed by atoms with Crippen molar-refractivity contribution in [3.05, 3.63) is 22.6 Å². The van der Waals surface area contributed by atoms with E-state index in [9.17, 15) is 14.7 Å². The maximum absolute atomic E-state index is 11.3. The van der Waals surface area contributed by atoms with Gasteiger partial charge in [0, 0.05) is 12.3 Å². The topological polar surface area (TPSA) is 67.5 Å². The molecule has 0 bridgehead atoms. The summed E-state index contributed by atoms with van der Waals surface area (Å²) in [6, 6.07) is 0. The Balaban J connectivity index is 2.52. The van der Waals surface area contributed by atoms with Gasteiger partial charge in [-0.2, -0.15) is 0 Å². The molecule has 0 spiro atoms. The van der Waals surface area contributed by atoms with E-state index in [1.807, 2.05) is 6.92 Å². The molecule has 1 aliphatic carbocycles. The van der Waals surface area contributed by atoms with Gasteiger partial charge in [0.25, 0.3) is 0 Å². The van der Waals surface area contributed by atoms with E-state index >= 15 is 0 Å². The lowest BCUT2D eigenvalue weighted by Gasteiger charge is -2.06. The summed E-state index contributed by atoms with van der Waals surface area (Å²) in [7, 11) is 0. The molecule has 1 aromatic heterocycles. The maximum atomic E-state index is 11.3. The van der Waals surface area contributed by atoms with Gasteiger partial charge in [-0.1, -0.05) is 19.8 Å². The molecule has 0 aliphatic heterocycles. The normalized spacial score (nSPS) is 16.3. The fourth-order valence-corrected chi connectivity index (χ4v) is 2.59. The number of carbonyl (C=O) groups is 2. The third kappa shape index (κ3) is 1.99. The van der Waals surface area contributed by atoms with Gasteiger partial charge in [-0.05, 0) is 12.8 Å². The predicted molar refractivity (Wildman–Crippen MR) is 61.6 cm³/mol. The van der Waals surface area contributed by atoms with Gasteiger partial charge < -0.3 is 9.52 Å². The van der Waals surface area contributed by atoms with Crippen LogP contribution in [0.5, 0.6) is 0 Å². The number of carboxylic acids is 1. The molecule has 0 saturated heterocycles. The molecule has 0 atom stereocenters. The molecule has 4 heteroatoms. The molecule has 0 radical (unpaired) electrons. The minimum atomic E-state index is -1.06. The average molecular weight is 236 g/mol. The Morgan fingerprint density at radius 1 is 1.47 bits per heavy atom. The Labute approximate surface area is 99.6 Å². The van der Waals surface area contributed by atoms with Crippen LogP contribution in [0.4, 0.5) is 0 Å². The fourth-order valence-electron chi connectivity index (χ4n) is 2.59. The molecular weight excluding hydrogens is 220 g/mol. The van der Waals surface area contributed by atoms with Gasteiger partial charge in [-0.15, -0.1) is 0 Å². The second kappa shape index (κ2) is 4.73. The zero-order valence-electron chi connectivity index (χ0n) is 9.86.